The fourth-order valence-electron chi connectivity index (χ4n) is 3.24. The molecule has 0 aliphatic heterocycles. The van der Waals surface area contributed by atoms with Crippen molar-refractivity contribution in [3.05, 3.63) is 71.8 Å². The van der Waals surface area contributed by atoms with E-state index < -0.39 is 17.8 Å². The fraction of sp³-hybridized carbons (Fsp3) is 0.300. The van der Waals surface area contributed by atoms with Crippen LogP contribution in [0.25, 0.3) is 0 Å². The molecule has 3 rings (SSSR count). The number of carbonyl (C=O) groups excluding carboxylic acids is 1. The summed E-state index contributed by atoms with van der Waals surface area (Å²) in [5.74, 6) is -1.89. The molecule has 0 spiro atoms. The summed E-state index contributed by atoms with van der Waals surface area (Å²) in [7, 11) is 0. The second-order valence-electron chi connectivity index (χ2n) is 6.25. The van der Waals surface area contributed by atoms with Crippen LogP contribution in [-0.4, -0.2) is 23.5 Å². The summed E-state index contributed by atoms with van der Waals surface area (Å²) in [6.45, 7) is 0.468. The summed E-state index contributed by atoms with van der Waals surface area (Å²) in [4.78, 5) is 23.4. The second-order valence-corrected chi connectivity index (χ2v) is 6.25. The Hall–Kier alpha value is -2.62. The van der Waals surface area contributed by atoms with Gasteiger partial charge in [-0.25, -0.2) is 0 Å². The molecule has 1 fully saturated rings. The summed E-state index contributed by atoms with van der Waals surface area (Å²) < 4.78 is 0. The largest absolute Gasteiger partial charge is 0.481 e. The van der Waals surface area contributed by atoms with Crippen LogP contribution in [0.3, 0.4) is 0 Å². The summed E-state index contributed by atoms with van der Waals surface area (Å²) in [6, 6.07) is 20.1. The van der Waals surface area contributed by atoms with Gasteiger partial charge in [-0.05, 0) is 24.0 Å². The molecule has 0 heterocycles. The van der Waals surface area contributed by atoms with Crippen molar-refractivity contribution in [2.24, 2.45) is 11.8 Å². The number of hydrogen-bond acceptors (Lipinski definition) is 2. The molecule has 4 heteroatoms. The number of nitrogens with one attached hydrogen (secondary N) is 1. The van der Waals surface area contributed by atoms with E-state index in [0.717, 1.165) is 11.1 Å². The summed E-state index contributed by atoms with van der Waals surface area (Å²) >= 11 is 0. The van der Waals surface area contributed by atoms with E-state index >= 15 is 0 Å². The van der Waals surface area contributed by atoms with Crippen molar-refractivity contribution in [3.8, 4) is 0 Å². The number of carbonyl (C=O) groups is 2. The molecule has 0 aromatic heterocycles. The smallest absolute Gasteiger partial charge is 0.307 e. The number of rotatable bonds is 6. The zero-order valence-electron chi connectivity index (χ0n) is 13.4. The molecule has 1 saturated carbocycles. The first kappa shape index (κ1) is 16.2. The number of hydrogen-bond donors (Lipinski definition) is 2. The van der Waals surface area contributed by atoms with E-state index in [4.69, 9.17) is 5.11 Å². The second kappa shape index (κ2) is 7.30. The zero-order chi connectivity index (χ0) is 16.9. The lowest BCUT2D eigenvalue weighted by molar-refractivity contribution is -0.152. The van der Waals surface area contributed by atoms with Crippen LogP contribution in [0.15, 0.2) is 60.7 Å². The van der Waals surface area contributed by atoms with Crippen molar-refractivity contribution in [2.45, 2.75) is 18.8 Å². The predicted octanol–water partition coefficient (Wildman–Crippen LogP) is 3.05. The molecule has 0 radical (unpaired) electrons. The van der Waals surface area contributed by atoms with Crippen molar-refractivity contribution < 1.29 is 14.7 Å². The highest BCUT2D eigenvalue weighted by molar-refractivity contribution is 5.86. The van der Waals surface area contributed by atoms with Gasteiger partial charge in [0.05, 0.1) is 11.8 Å². The van der Waals surface area contributed by atoms with Crippen molar-refractivity contribution in [3.63, 3.8) is 0 Å². The van der Waals surface area contributed by atoms with E-state index in [1.807, 2.05) is 60.7 Å². The third-order valence-corrected chi connectivity index (χ3v) is 4.81. The van der Waals surface area contributed by atoms with E-state index in [1.165, 1.54) is 0 Å². The Kier molecular flexibility index (Phi) is 4.94. The highest BCUT2D eigenvalue weighted by atomic mass is 16.4. The van der Waals surface area contributed by atoms with Crippen LogP contribution in [0.5, 0.6) is 0 Å². The highest BCUT2D eigenvalue weighted by Crippen LogP contribution is 2.34. The molecule has 2 atom stereocenters. The molecule has 2 aromatic rings. The van der Waals surface area contributed by atoms with Gasteiger partial charge in [-0.15, -0.1) is 0 Å². The van der Waals surface area contributed by atoms with Crippen LogP contribution in [0.4, 0.5) is 0 Å². The zero-order valence-corrected chi connectivity index (χ0v) is 13.4. The van der Waals surface area contributed by atoms with E-state index in [1.54, 1.807) is 0 Å². The summed E-state index contributed by atoms with van der Waals surface area (Å²) in [5.41, 5.74) is 2.26. The Morgan fingerprint density at radius 1 is 0.917 bits per heavy atom. The van der Waals surface area contributed by atoms with Gasteiger partial charge in [0.1, 0.15) is 0 Å². The van der Waals surface area contributed by atoms with Gasteiger partial charge in [0.2, 0.25) is 5.91 Å². The molecule has 1 aliphatic rings. The topological polar surface area (TPSA) is 66.4 Å². The monoisotopic (exact) mass is 323 g/mol. The van der Waals surface area contributed by atoms with E-state index in [2.05, 4.69) is 5.32 Å². The number of aliphatic carboxylic acids is 1. The molecule has 24 heavy (non-hydrogen) atoms. The Morgan fingerprint density at radius 2 is 1.42 bits per heavy atom. The van der Waals surface area contributed by atoms with Gasteiger partial charge in [0.25, 0.3) is 0 Å². The lowest BCUT2D eigenvalue weighted by atomic mass is 9.73. The van der Waals surface area contributed by atoms with E-state index in [-0.39, 0.29) is 11.8 Å². The number of carboxylic acids is 1. The Labute approximate surface area is 141 Å². The number of amides is 1. The maximum absolute atomic E-state index is 12.3. The van der Waals surface area contributed by atoms with Crippen LogP contribution in [0.1, 0.15) is 29.9 Å². The van der Waals surface area contributed by atoms with Gasteiger partial charge in [-0.1, -0.05) is 60.7 Å². The molecule has 2 unspecified atom stereocenters. The molecule has 2 aromatic carbocycles. The normalized spacial score (nSPS) is 19.5. The molecular weight excluding hydrogens is 302 g/mol. The molecule has 0 saturated heterocycles. The number of benzene rings is 2. The Bertz CT molecular complexity index is 660. The van der Waals surface area contributed by atoms with Crippen LogP contribution in [0.2, 0.25) is 0 Å². The van der Waals surface area contributed by atoms with Crippen molar-refractivity contribution in [1.82, 2.24) is 5.32 Å². The minimum Gasteiger partial charge on any atom is -0.481 e. The third-order valence-electron chi connectivity index (χ3n) is 4.81. The maximum Gasteiger partial charge on any atom is 0.307 e. The van der Waals surface area contributed by atoms with Crippen LogP contribution >= 0.6 is 0 Å². The lowest BCUT2D eigenvalue weighted by Gasteiger charge is -2.32. The standard InChI is InChI=1S/C20H21NO3/c22-19(16-11-12-17(16)20(23)24)21-13-18(14-7-3-1-4-8-14)15-9-5-2-6-10-15/h1-10,16-18H,11-13H2,(H,21,22)(H,23,24). The van der Waals surface area contributed by atoms with Crippen LogP contribution in [-0.2, 0) is 9.59 Å². The van der Waals surface area contributed by atoms with Crippen molar-refractivity contribution in [1.29, 1.82) is 0 Å². The third kappa shape index (κ3) is 3.48. The quantitative estimate of drug-likeness (QED) is 0.858. The minimum atomic E-state index is -0.871. The first-order valence-electron chi connectivity index (χ1n) is 8.27. The minimum absolute atomic E-state index is 0.0553. The number of carboxylic acid groups (broad SMARTS) is 1. The molecule has 2 N–H and O–H groups in total. The van der Waals surface area contributed by atoms with Gasteiger partial charge in [-0.3, -0.25) is 9.59 Å². The Balaban J connectivity index is 1.71. The Morgan fingerprint density at radius 3 is 1.83 bits per heavy atom. The predicted molar refractivity (Wildman–Crippen MR) is 91.6 cm³/mol. The molecule has 1 amide bonds. The lowest BCUT2D eigenvalue weighted by Crippen LogP contribution is -2.45. The van der Waals surface area contributed by atoms with Gasteiger partial charge >= 0.3 is 5.97 Å². The van der Waals surface area contributed by atoms with Gasteiger partial charge in [0, 0.05) is 12.5 Å². The summed E-state index contributed by atoms with van der Waals surface area (Å²) in [6.07, 6.45) is 1.25. The average Bonchev–Trinajstić information content (AvgIpc) is 2.55. The van der Waals surface area contributed by atoms with Gasteiger partial charge in [0.15, 0.2) is 0 Å². The maximum atomic E-state index is 12.3. The van der Waals surface area contributed by atoms with Crippen LogP contribution in [0, 0.1) is 11.8 Å². The fourth-order valence-corrected chi connectivity index (χ4v) is 3.24. The molecule has 4 nitrogen and oxygen atoms in total. The van der Waals surface area contributed by atoms with Crippen molar-refractivity contribution >= 4 is 11.9 Å². The molecule has 0 bridgehead atoms. The molecular formula is C20H21NO3. The summed E-state index contributed by atoms with van der Waals surface area (Å²) in [5, 5.41) is 12.1. The van der Waals surface area contributed by atoms with Crippen molar-refractivity contribution in [2.75, 3.05) is 6.54 Å². The highest BCUT2D eigenvalue weighted by Gasteiger charge is 2.41. The average molecular weight is 323 g/mol. The van der Waals surface area contributed by atoms with E-state index in [0.29, 0.717) is 19.4 Å². The van der Waals surface area contributed by atoms with Gasteiger partial charge in [-0.2, -0.15) is 0 Å². The van der Waals surface area contributed by atoms with Crippen LogP contribution < -0.4 is 5.32 Å². The first-order chi connectivity index (χ1) is 11.7. The first-order valence-corrected chi connectivity index (χ1v) is 8.27. The van der Waals surface area contributed by atoms with E-state index in [9.17, 15) is 9.59 Å². The van der Waals surface area contributed by atoms with Gasteiger partial charge < -0.3 is 10.4 Å². The SMILES string of the molecule is O=C(O)C1CCC1C(=O)NCC(c1ccccc1)c1ccccc1. The molecule has 1 aliphatic carbocycles. The molecule has 124 valence electrons.